The molecule has 1 unspecified atom stereocenters. The van der Waals surface area contributed by atoms with E-state index in [2.05, 4.69) is 51.7 Å². The highest BCUT2D eigenvalue weighted by atomic mass is 19.4. The Morgan fingerprint density at radius 2 is 1.92 bits per heavy atom. The molecule has 4 aromatic rings. The van der Waals surface area contributed by atoms with Crippen molar-refractivity contribution in [2.45, 2.75) is 51.6 Å². The lowest BCUT2D eigenvalue weighted by Gasteiger charge is -2.47. The molecule has 0 amide bonds. The van der Waals surface area contributed by atoms with Crippen molar-refractivity contribution in [1.29, 1.82) is 5.26 Å². The smallest absolute Gasteiger partial charge is 0.364 e. The number of piperazine rings is 1. The molecule has 1 aliphatic rings. The number of hydrogen-bond acceptors (Lipinski definition) is 7. The number of nitrogens with zero attached hydrogens (tertiary/aromatic N) is 8. The lowest BCUT2D eigenvalue weighted by Crippen LogP contribution is -2.57. The number of benzene rings is 1. The summed E-state index contributed by atoms with van der Waals surface area (Å²) in [6.07, 6.45) is -2.06. The Bertz CT molecular complexity index is 1620. The van der Waals surface area contributed by atoms with E-state index in [1.165, 1.54) is 4.57 Å². The molecule has 0 radical (unpaired) electrons. The summed E-state index contributed by atoms with van der Waals surface area (Å²) < 4.78 is 42.1. The zero-order valence-electron chi connectivity index (χ0n) is 21.4. The minimum atomic E-state index is -4.54. The van der Waals surface area contributed by atoms with Gasteiger partial charge in [-0.1, -0.05) is 6.07 Å². The number of anilines is 1. The molecule has 38 heavy (non-hydrogen) atoms. The van der Waals surface area contributed by atoms with Gasteiger partial charge in [0.25, 0.3) is 5.56 Å². The molecule has 9 nitrogen and oxygen atoms in total. The molecular formula is C26H27F3N8O. The second-order valence-electron chi connectivity index (χ2n) is 9.87. The van der Waals surface area contributed by atoms with E-state index in [1.54, 1.807) is 42.2 Å². The Labute approximate surface area is 216 Å². The second kappa shape index (κ2) is 9.40. The molecule has 1 aliphatic heterocycles. The summed E-state index contributed by atoms with van der Waals surface area (Å²) in [4.78, 5) is 25.0. The van der Waals surface area contributed by atoms with Crippen LogP contribution in [0.1, 0.15) is 38.1 Å². The fourth-order valence-corrected chi connectivity index (χ4v) is 5.26. The highest BCUT2D eigenvalue weighted by Crippen LogP contribution is 2.33. The molecule has 4 heterocycles. The predicted octanol–water partition coefficient (Wildman–Crippen LogP) is 3.88. The van der Waals surface area contributed by atoms with Crippen LogP contribution in [0.15, 0.2) is 41.5 Å². The lowest BCUT2D eigenvalue weighted by atomic mass is 9.99. The Kier molecular flexibility index (Phi) is 6.35. The van der Waals surface area contributed by atoms with E-state index < -0.39 is 11.9 Å². The maximum Gasteiger partial charge on any atom is 0.434 e. The van der Waals surface area contributed by atoms with Crippen LogP contribution in [0.4, 0.5) is 18.9 Å². The van der Waals surface area contributed by atoms with Crippen LogP contribution in [0.3, 0.4) is 0 Å². The van der Waals surface area contributed by atoms with Gasteiger partial charge in [0.1, 0.15) is 12.1 Å². The molecule has 3 aromatic heterocycles. The van der Waals surface area contributed by atoms with E-state index in [4.69, 9.17) is 5.26 Å². The van der Waals surface area contributed by atoms with E-state index in [0.717, 1.165) is 17.4 Å². The van der Waals surface area contributed by atoms with E-state index in [9.17, 15) is 18.0 Å². The number of pyridine rings is 1. The highest BCUT2D eigenvalue weighted by molar-refractivity contribution is 5.88. The molecule has 0 bridgehead atoms. The largest absolute Gasteiger partial charge is 0.434 e. The van der Waals surface area contributed by atoms with E-state index >= 15 is 0 Å². The van der Waals surface area contributed by atoms with Gasteiger partial charge in [-0.2, -0.15) is 23.5 Å². The number of aromatic nitrogens is 5. The third kappa shape index (κ3) is 4.47. The quantitative estimate of drug-likeness (QED) is 0.400. The van der Waals surface area contributed by atoms with Crippen LogP contribution < -0.4 is 10.5 Å². The summed E-state index contributed by atoms with van der Waals surface area (Å²) in [7, 11) is 1.69. The molecule has 3 atom stereocenters. The fraction of sp³-hybridized carbons (Fsp3) is 0.423. The van der Waals surface area contributed by atoms with Crippen LogP contribution in [0.5, 0.6) is 0 Å². The monoisotopic (exact) mass is 524 g/mol. The first kappa shape index (κ1) is 25.7. The second-order valence-corrected chi connectivity index (χ2v) is 9.87. The maximum atomic E-state index is 13.0. The van der Waals surface area contributed by atoms with Gasteiger partial charge < -0.3 is 9.47 Å². The number of hydrogen-bond donors (Lipinski definition) is 0. The Balaban J connectivity index is 1.42. The highest BCUT2D eigenvalue weighted by Gasteiger charge is 2.35. The molecule has 1 fully saturated rings. The standard InChI is InChI=1S/C26H27F3N8O/c1-15-13-37(21-10-24(38)34(4)22-14-35(8-7-30)33-25(21)22)16(2)12-36(15)17(3)18-5-6-19-20(9-18)31-11-23(32-19)26(27,28)29/h5-6,9-11,14-17H,8,12-13H2,1-4H3/t15-,16+,17?/m1/s1. The molecule has 0 spiro atoms. The number of fused-ring (bicyclic) bond motifs is 2. The van der Waals surface area contributed by atoms with Crippen molar-refractivity contribution < 1.29 is 13.2 Å². The zero-order chi connectivity index (χ0) is 27.4. The van der Waals surface area contributed by atoms with E-state index in [0.29, 0.717) is 29.6 Å². The van der Waals surface area contributed by atoms with Crippen molar-refractivity contribution in [3.05, 3.63) is 58.3 Å². The van der Waals surface area contributed by atoms with Gasteiger partial charge >= 0.3 is 6.18 Å². The van der Waals surface area contributed by atoms with E-state index in [-0.39, 0.29) is 35.7 Å². The number of aryl methyl sites for hydroxylation is 1. The minimum absolute atomic E-state index is 0.0263. The van der Waals surface area contributed by atoms with Crippen molar-refractivity contribution in [3.63, 3.8) is 0 Å². The van der Waals surface area contributed by atoms with Gasteiger partial charge in [-0.15, -0.1) is 0 Å². The number of halogens is 3. The molecule has 0 saturated carbocycles. The summed E-state index contributed by atoms with van der Waals surface area (Å²) in [5.74, 6) is 0. The minimum Gasteiger partial charge on any atom is -0.364 e. The van der Waals surface area contributed by atoms with Gasteiger partial charge in [0.15, 0.2) is 5.69 Å². The lowest BCUT2D eigenvalue weighted by molar-refractivity contribution is -0.141. The number of alkyl halides is 3. The molecule has 5 rings (SSSR count). The van der Waals surface area contributed by atoms with Gasteiger partial charge in [0, 0.05) is 44.3 Å². The van der Waals surface area contributed by atoms with Crippen molar-refractivity contribution >= 4 is 27.8 Å². The van der Waals surface area contributed by atoms with Crippen LogP contribution in [-0.2, 0) is 19.8 Å². The summed E-state index contributed by atoms with van der Waals surface area (Å²) in [6, 6.07) is 8.98. The molecule has 1 aromatic carbocycles. The molecule has 0 N–H and O–H groups in total. The fourth-order valence-electron chi connectivity index (χ4n) is 5.26. The predicted molar refractivity (Wildman–Crippen MR) is 137 cm³/mol. The SMILES string of the molecule is CC(c1ccc2nc(C(F)(F)F)cnc2c1)N1C[C@H](C)N(c2cc(=O)n(C)c3cn(CC#N)nc23)C[C@H]1C. The maximum absolute atomic E-state index is 13.0. The topological polar surface area (TPSA) is 95.9 Å². The number of rotatable bonds is 4. The Hall–Kier alpha value is -3.98. The van der Waals surface area contributed by atoms with Crippen LogP contribution >= 0.6 is 0 Å². The average Bonchev–Trinajstić information content (AvgIpc) is 3.30. The van der Waals surface area contributed by atoms with Crippen LogP contribution in [0, 0.1) is 11.3 Å². The molecule has 12 heteroatoms. The zero-order valence-corrected chi connectivity index (χ0v) is 21.4. The third-order valence-electron chi connectivity index (χ3n) is 7.35. The van der Waals surface area contributed by atoms with Gasteiger partial charge in [0.2, 0.25) is 0 Å². The van der Waals surface area contributed by atoms with Gasteiger partial charge in [-0.3, -0.25) is 19.4 Å². The Morgan fingerprint density at radius 1 is 1.16 bits per heavy atom. The first-order chi connectivity index (χ1) is 18.0. The van der Waals surface area contributed by atoms with Crippen molar-refractivity contribution in [1.82, 2.24) is 29.2 Å². The van der Waals surface area contributed by atoms with Crippen molar-refractivity contribution in [2.75, 3.05) is 18.0 Å². The first-order valence-corrected chi connectivity index (χ1v) is 12.3. The molecule has 1 saturated heterocycles. The summed E-state index contributed by atoms with van der Waals surface area (Å²) in [5.41, 5.74) is 2.48. The molecule has 198 valence electrons. The van der Waals surface area contributed by atoms with Crippen LogP contribution in [-0.4, -0.2) is 54.4 Å². The number of nitriles is 1. The van der Waals surface area contributed by atoms with Gasteiger partial charge in [0.05, 0.1) is 40.7 Å². The first-order valence-electron chi connectivity index (χ1n) is 12.3. The average molecular weight is 525 g/mol. The summed E-state index contributed by atoms with van der Waals surface area (Å²) in [6.45, 7) is 7.69. The van der Waals surface area contributed by atoms with E-state index in [1.807, 2.05) is 0 Å². The molecule has 0 aliphatic carbocycles. The van der Waals surface area contributed by atoms with Crippen LogP contribution in [0.25, 0.3) is 22.1 Å². The molecular weight excluding hydrogens is 497 g/mol. The van der Waals surface area contributed by atoms with Gasteiger partial charge in [-0.25, -0.2) is 4.98 Å². The normalized spacial score (nSPS) is 19.7. The Morgan fingerprint density at radius 3 is 2.63 bits per heavy atom. The van der Waals surface area contributed by atoms with Crippen molar-refractivity contribution in [3.8, 4) is 6.07 Å². The van der Waals surface area contributed by atoms with Crippen LogP contribution in [0.2, 0.25) is 0 Å². The van der Waals surface area contributed by atoms with Crippen molar-refractivity contribution in [2.24, 2.45) is 7.05 Å². The summed E-state index contributed by atoms with van der Waals surface area (Å²) >= 11 is 0. The van der Waals surface area contributed by atoms with Gasteiger partial charge in [-0.05, 0) is 38.5 Å². The third-order valence-corrected chi connectivity index (χ3v) is 7.35. The summed E-state index contributed by atoms with van der Waals surface area (Å²) in [5, 5.41) is 13.7.